The molecule has 3 aromatic carbocycles. The van der Waals surface area contributed by atoms with Crippen molar-refractivity contribution in [3.05, 3.63) is 100 Å². The number of hydrogen-bond donors (Lipinski definition) is 1. The van der Waals surface area contributed by atoms with Crippen LogP contribution < -0.4 is 5.32 Å². The Hall–Kier alpha value is -4.10. The molecule has 0 unspecified atom stereocenters. The highest BCUT2D eigenvalue weighted by Gasteiger charge is 2.36. The number of Topliss-reactive ketones (excluding diaryl/α,β-unsaturated/α-hetero) is 1. The zero-order chi connectivity index (χ0) is 23.7. The van der Waals surface area contributed by atoms with Gasteiger partial charge in [-0.1, -0.05) is 60.1 Å². The Balaban J connectivity index is 1.31. The zero-order valence-corrected chi connectivity index (χ0v) is 18.7. The standard InChI is InChI=1S/C26H19ClN4O3/c27-21-11-5-3-9-19(21)24-20-10-4-6-12-22(20)30-23(14-29-24)28-13-16(32)15-31-25(33)17-7-1-2-8-18(17)26(31)34/h1-12H,13-15H2,(H,28,30). The number of carbonyl (C=O) groups excluding carboxylic acids is 3. The van der Waals surface area contributed by atoms with Crippen LogP contribution >= 0.6 is 11.6 Å². The molecule has 0 saturated carbocycles. The second-order valence-electron chi connectivity index (χ2n) is 7.85. The highest BCUT2D eigenvalue weighted by molar-refractivity contribution is 6.36. The molecule has 3 aromatic rings. The molecule has 2 amide bonds. The van der Waals surface area contributed by atoms with Gasteiger partial charge in [-0.3, -0.25) is 24.3 Å². The first-order valence-corrected chi connectivity index (χ1v) is 11.1. The van der Waals surface area contributed by atoms with Crippen molar-refractivity contribution in [3.8, 4) is 0 Å². The normalized spacial score (nSPS) is 14.7. The van der Waals surface area contributed by atoms with E-state index >= 15 is 0 Å². The summed E-state index contributed by atoms with van der Waals surface area (Å²) in [7, 11) is 0. The Kier molecular flexibility index (Phi) is 5.77. The van der Waals surface area contributed by atoms with Crippen LogP contribution in [0, 0.1) is 0 Å². The van der Waals surface area contributed by atoms with E-state index in [0.717, 1.165) is 21.7 Å². The smallest absolute Gasteiger partial charge is 0.261 e. The predicted molar refractivity (Wildman–Crippen MR) is 130 cm³/mol. The van der Waals surface area contributed by atoms with Gasteiger partial charge in [-0.2, -0.15) is 0 Å². The van der Waals surface area contributed by atoms with Gasteiger partial charge < -0.3 is 5.32 Å². The molecule has 0 aliphatic carbocycles. The second-order valence-corrected chi connectivity index (χ2v) is 8.26. The van der Waals surface area contributed by atoms with E-state index in [0.29, 0.717) is 27.7 Å². The molecule has 7 nitrogen and oxygen atoms in total. The highest BCUT2D eigenvalue weighted by atomic mass is 35.5. The number of ketones is 1. The molecule has 1 N–H and O–H groups in total. The molecular formula is C26H19ClN4O3. The van der Waals surface area contributed by atoms with E-state index in [1.165, 1.54) is 0 Å². The molecule has 0 spiro atoms. The van der Waals surface area contributed by atoms with E-state index < -0.39 is 11.8 Å². The van der Waals surface area contributed by atoms with Crippen molar-refractivity contribution in [2.45, 2.75) is 0 Å². The molecule has 0 aromatic heterocycles. The van der Waals surface area contributed by atoms with Crippen molar-refractivity contribution in [3.63, 3.8) is 0 Å². The Bertz CT molecular complexity index is 1360. The van der Waals surface area contributed by atoms with Crippen LogP contribution in [0.5, 0.6) is 0 Å². The summed E-state index contributed by atoms with van der Waals surface area (Å²) in [5, 5.41) is 3.61. The van der Waals surface area contributed by atoms with Crippen LogP contribution in [0.25, 0.3) is 0 Å². The minimum atomic E-state index is -0.455. The van der Waals surface area contributed by atoms with Gasteiger partial charge in [0.15, 0.2) is 5.78 Å². The summed E-state index contributed by atoms with van der Waals surface area (Å²) in [6, 6.07) is 21.6. The molecule has 0 fully saturated rings. The van der Waals surface area contributed by atoms with E-state index in [1.807, 2.05) is 48.5 Å². The number of benzene rings is 3. The number of fused-ring (bicyclic) bond motifs is 2. The molecule has 34 heavy (non-hydrogen) atoms. The van der Waals surface area contributed by atoms with E-state index in [1.54, 1.807) is 24.3 Å². The van der Waals surface area contributed by atoms with E-state index in [4.69, 9.17) is 16.6 Å². The van der Waals surface area contributed by atoms with Crippen molar-refractivity contribution in [2.75, 3.05) is 19.6 Å². The molecule has 2 aliphatic heterocycles. The lowest BCUT2D eigenvalue weighted by Gasteiger charge is -2.13. The number of carbonyl (C=O) groups is 3. The van der Waals surface area contributed by atoms with Crippen molar-refractivity contribution in [1.29, 1.82) is 0 Å². The van der Waals surface area contributed by atoms with Gasteiger partial charge in [0.25, 0.3) is 11.8 Å². The van der Waals surface area contributed by atoms with E-state index in [-0.39, 0.29) is 25.4 Å². The highest BCUT2D eigenvalue weighted by Crippen LogP contribution is 2.28. The molecule has 0 saturated heterocycles. The SMILES string of the molecule is O=C(CNC1=Nc2ccccc2C(c2ccccc2Cl)=NC1)CN1C(=O)c2ccccc2C1=O. The average Bonchev–Trinajstić information content (AvgIpc) is 2.99. The quantitative estimate of drug-likeness (QED) is 0.576. The molecule has 2 aliphatic rings. The van der Waals surface area contributed by atoms with Crippen LogP contribution in [0.2, 0.25) is 5.02 Å². The number of aliphatic imine (C=N–C) groups is 2. The minimum absolute atomic E-state index is 0.0919. The molecule has 5 rings (SSSR count). The first kappa shape index (κ1) is 21.7. The Labute approximate surface area is 200 Å². The number of amides is 2. The van der Waals surface area contributed by atoms with Crippen LogP contribution in [-0.2, 0) is 4.79 Å². The maximum Gasteiger partial charge on any atom is 0.261 e. The maximum atomic E-state index is 12.6. The van der Waals surface area contributed by atoms with Crippen LogP contribution in [0.4, 0.5) is 5.69 Å². The van der Waals surface area contributed by atoms with Gasteiger partial charge in [-0.05, 0) is 24.3 Å². The van der Waals surface area contributed by atoms with Crippen LogP contribution in [0.1, 0.15) is 31.8 Å². The monoisotopic (exact) mass is 470 g/mol. The van der Waals surface area contributed by atoms with E-state index in [2.05, 4.69) is 10.3 Å². The van der Waals surface area contributed by atoms with Crippen LogP contribution in [-0.4, -0.2) is 53.7 Å². The number of hydrogen-bond acceptors (Lipinski definition) is 6. The van der Waals surface area contributed by atoms with Crippen molar-refractivity contribution >= 4 is 46.4 Å². The minimum Gasteiger partial charge on any atom is -0.365 e. The fourth-order valence-electron chi connectivity index (χ4n) is 3.99. The number of nitrogens with zero attached hydrogens (tertiary/aromatic N) is 3. The fourth-order valence-corrected chi connectivity index (χ4v) is 4.21. The lowest BCUT2D eigenvalue weighted by molar-refractivity contribution is -0.118. The first-order chi connectivity index (χ1) is 16.5. The number of halogens is 1. The second kappa shape index (κ2) is 9.03. The largest absolute Gasteiger partial charge is 0.365 e. The zero-order valence-electron chi connectivity index (χ0n) is 18.0. The molecule has 168 valence electrons. The first-order valence-electron chi connectivity index (χ1n) is 10.7. The molecule has 0 bridgehead atoms. The van der Waals surface area contributed by atoms with Crippen LogP contribution in [0.15, 0.2) is 82.8 Å². The number of para-hydroxylation sites is 1. The topological polar surface area (TPSA) is 91.2 Å². The Morgan fingerprint density at radius 1 is 0.853 bits per heavy atom. The summed E-state index contributed by atoms with van der Waals surface area (Å²) < 4.78 is 0. The molecule has 0 radical (unpaired) electrons. The fraction of sp³-hybridized carbons (Fsp3) is 0.115. The summed E-state index contributed by atoms with van der Waals surface area (Å²) in [6.45, 7) is -0.182. The van der Waals surface area contributed by atoms with E-state index in [9.17, 15) is 14.4 Å². The van der Waals surface area contributed by atoms with Crippen molar-refractivity contribution in [2.24, 2.45) is 9.98 Å². The molecule has 2 heterocycles. The lowest BCUT2D eigenvalue weighted by atomic mass is 10.0. The number of rotatable bonds is 5. The summed E-state index contributed by atoms with van der Waals surface area (Å²) in [4.78, 5) is 48.0. The maximum absolute atomic E-state index is 12.6. The molecular weight excluding hydrogens is 452 g/mol. The van der Waals surface area contributed by atoms with Gasteiger partial charge in [-0.15, -0.1) is 0 Å². The summed E-state index contributed by atoms with van der Waals surface area (Å²) in [5.41, 5.74) is 3.70. The van der Waals surface area contributed by atoms with Crippen molar-refractivity contribution < 1.29 is 14.4 Å². The summed E-state index contributed by atoms with van der Waals surface area (Å²) in [6.07, 6.45) is 0. The van der Waals surface area contributed by atoms with Gasteiger partial charge in [0.1, 0.15) is 5.84 Å². The Morgan fingerprint density at radius 3 is 2.12 bits per heavy atom. The third-order valence-electron chi connectivity index (χ3n) is 5.63. The van der Waals surface area contributed by atoms with Gasteiger partial charge in [-0.25, -0.2) is 4.99 Å². The predicted octanol–water partition coefficient (Wildman–Crippen LogP) is 3.68. The molecule has 8 heteroatoms. The number of nitrogens with one attached hydrogen (secondary N) is 1. The van der Waals surface area contributed by atoms with Crippen molar-refractivity contribution in [1.82, 2.24) is 10.2 Å². The van der Waals surface area contributed by atoms with Gasteiger partial charge in [0.05, 0.1) is 42.2 Å². The third kappa shape index (κ3) is 4.02. The average molecular weight is 471 g/mol. The van der Waals surface area contributed by atoms with Gasteiger partial charge in [0, 0.05) is 16.1 Å². The number of amidine groups is 1. The van der Waals surface area contributed by atoms with Gasteiger partial charge >= 0.3 is 0 Å². The van der Waals surface area contributed by atoms with Crippen LogP contribution in [0.3, 0.4) is 0 Å². The lowest BCUT2D eigenvalue weighted by Crippen LogP contribution is -2.40. The van der Waals surface area contributed by atoms with Gasteiger partial charge in [0.2, 0.25) is 0 Å². The number of imide groups is 1. The summed E-state index contributed by atoms with van der Waals surface area (Å²) in [5.74, 6) is -0.720. The molecule has 0 atom stereocenters. The summed E-state index contributed by atoms with van der Waals surface area (Å²) >= 11 is 6.42. The third-order valence-corrected chi connectivity index (χ3v) is 5.96. The Morgan fingerprint density at radius 2 is 1.44 bits per heavy atom.